The maximum Gasteiger partial charge on any atom is 0.330 e. The van der Waals surface area contributed by atoms with Crippen molar-refractivity contribution < 1.29 is 19.4 Å². The molecule has 2 aliphatic heterocycles. The van der Waals surface area contributed by atoms with Crippen molar-refractivity contribution in [2.24, 2.45) is 0 Å². The van der Waals surface area contributed by atoms with Crippen LogP contribution in [0.5, 0.6) is 5.75 Å². The number of fused-ring (bicyclic) bond motifs is 1. The second-order valence-electron chi connectivity index (χ2n) is 5.28. The van der Waals surface area contributed by atoms with E-state index in [-0.39, 0.29) is 6.61 Å². The third-order valence-electron chi connectivity index (χ3n) is 3.76. The van der Waals surface area contributed by atoms with Crippen LogP contribution in [0.2, 0.25) is 5.02 Å². The monoisotopic (exact) mass is 339 g/mol. The lowest BCUT2D eigenvalue weighted by Gasteiger charge is -2.26. The lowest BCUT2D eigenvalue weighted by molar-refractivity contribution is -0.145. The minimum absolute atomic E-state index is 0.114. The SMILES string of the molecule is O=C(N[C@]1(C(=O)O)CCSC1)C1=Cc2cc(Cl)ccc2OC1. The number of hydrogen-bond acceptors (Lipinski definition) is 4. The number of rotatable bonds is 3. The predicted molar refractivity (Wildman–Crippen MR) is 85.4 cm³/mol. The number of carboxylic acids is 1. The Morgan fingerprint density at radius 1 is 1.41 bits per heavy atom. The third kappa shape index (κ3) is 2.80. The molecule has 2 aliphatic rings. The molecular formula is C15H14ClNO4S. The van der Waals surface area contributed by atoms with Gasteiger partial charge in [-0.25, -0.2) is 4.79 Å². The van der Waals surface area contributed by atoms with Crippen molar-refractivity contribution in [3.05, 3.63) is 34.4 Å². The van der Waals surface area contributed by atoms with Gasteiger partial charge in [-0.15, -0.1) is 0 Å². The number of thioether (sulfide) groups is 1. The number of carbonyl (C=O) groups excluding carboxylic acids is 1. The zero-order chi connectivity index (χ0) is 15.7. The molecule has 2 N–H and O–H groups in total. The Hall–Kier alpha value is -1.66. The van der Waals surface area contributed by atoms with E-state index in [4.69, 9.17) is 16.3 Å². The van der Waals surface area contributed by atoms with Crippen LogP contribution >= 0.6 is 23.4 Å². The molecule has 1 aromatic rings. The second kappa shape index (κ2) is 5.85. The Balaban J connectivity index is 1.82. The molecule has 5 nitrogen and oxygen atoms in total. The van der Waals surface area contributed by atoms with Gasteiger partial charge < -0.3 is 15.2 Å². The fraction of sp³-hybridized carbons (Fsp3) is 0.333. The average Bonchev–Trinajstić information content (AvgIpc) is 2.96. The predicted octanol–water partition coefficient (Wildman–Crippen LogP) is 2.19. The Bertz CT molecular complexity index is 668. The van der Waals surface area contributed by atoms with Gasteiger partial charge in [0.15, 0.2) is 0 Å². The first-order chi connectivity index (χ1) is 10.5. The van der Waals surface area contributed by atoms with Crippen LogP contribution in [0.25, 0.3) is 6.08 Å². The summed E-state index contributed by atoms with van der Waals surface area (Å²) in [6, 6.07) is 5.17. The molecule has 7 heteroatoms. The highest BCUT2D eigenvalue weighted by Crippen LogP contribution is 2.31. The molecule has 0 spiro atoms. The summed E-state index contributed by atoms with van der Waals surface area (Å²) in [5, 5.41) is 12.6. The van der Waals surface area contributed by atoms with Crippen LogP contribution in [-0.2, 0) is 9.59 Å². The van der Waals surface area contributed by atoms with E-state index in [2.05, 4.69) is 5.32 Å². The Morgan fingerprint density at radius 2 is 2.23 bits per heavy atom. The van der Waals surface area contributed by atoms with Gasteiger partial charge in [-0.3, -0.25) is 4.79 Å². The summed E-state index contributed by atoms with van der Waals surface area (Å²) in [6.07, 6.45) is 2.12. The summed E-state index contributed by atoms with van der Waals surface area (Å²) >= 11 is 7.46. The lowest BCUT2D eigenvalue weighted by Crippen LogP contribution is -2.55. The number of carbonyl (C=O) groups is 2. The van der Waals surface area contributed by atoms with Crippen molar-refractivity contribution >= 4 is 41.3 Å². The van der Waals surface area contributed by atoms with Crippen LogP contribution < -0.4 is 10.1 Å². The van der Waals surface area contributed by atoms with E-state index in [1.54, 1.807) is 24.3 Å². The van der Waals surface area contributed by atoms with E-state index in [9.17, 15) is 14.7 Å². The highest BCUT2D eigenvalue weighted by Gasteiger charge is 2.43. The number of ether oxygens (including phenoxy) is 1. The first-order valence-electron chi connectivity index (χ1n) is 6.77. The number of amides is 1. The summed E-state index contributed by atoms with van der Waals surface area (Å²) in [7, 11) is 0. The molecule has 2 heterocycles. The van der Waals surface area contributed by atoms with Gasteiger partial charge in [-0.1, -0.05) is 11.6 Å². The van der Waals surface area contributed by atoms with Gasteiger partial charge in [0, 0.05) is 16.3 Å². The molecule has 3 rings (SSSR count). The topological polar surface area (TPSA) is 75.6 Å². The van der Waals surface area contributed by atoms with Crippen molar-refractivity contribution in [1.29, 1.82) is 0 Å². The van der Waals surface area contributed by atoms with Crippen LogP contribution in [0.4, 0.5) is 0 Å². The number of aliphatic carboxylic acids is 1. The van der Waals surface area contributed by atoms with E-state index in [1.165, 1.54) is 11.8 Å². The van der Waals surface area contributed by atoms with Crippen LogP contribution in [0, 0.1) is 0 Å². The van der Waals surface area contributed by atoms with Crippen LogP contribution in [0.1, 0.15) is 12.0 Å². The number of nitrogens with one attached hydrogen (secondary N) is 1. The van der Waals surface area contributed by atoms with E-state index < -0.39 is 17.4 Å². The minimum atomic E-state index is -1.18. The van der Waals surface area contributed by atoms with E-state index in [0.717, 1.165) is 5.75 Å². The molecule has 1 fully saturated rings. The Labute approximate surface area is 136 Å². The van der Waals surface area contributed by atoms with Crippen molar-refractivity contribution in [2.75, 3.05) is 18.1 Å². The summed E-state index contributed by atoms with van der Waals surface area (Å²) in [4.78, 5) is 23.9. The largest absolute Gasteiger partial charge is 0.488 e. The molecule has 1 aromatic carbocycles. The van der Waals surface area contributed by atoms with E-state index in [1.807, 2.05) is 0 Å². The molecule has 0 bridgehead atoms. The zero-order valence-corrected chi connectivity index (χ0v) is 13.2. The molecule has 116 valence electrons. The Morgan fingerprint density at radius 3 is 2.91 bits per heavy atom. The number of hydrogen-bond donors (Lipinski definition) is 2. The molecular weight excluding hydrogens is 326 g/mol. The van der Waals surface area contributed by atoms with E-state index in [0.29, 0.717) is 34.1 Å². The first-order valence-corrected chi connectivity index (χ1v) is 8.30. The minimum Gasteiger partial charge on any atom is -0.488 e. The molecule has 0 unspecified atom stereocenters. The van der Waals surface area contributed by atoms with Crippen molar-refractivity contribution in [1.82, 2.24) is 5.32 Å². The zero-order valence-electron chi connectivity index (χ0n) is 11.6. The molecule has 0 saturated carbocycles. The number of benzene rings is 1. The lowest BCUT2D eigenvalue weighted by atomic mass is 9.98. The average molecular weight is 340 g/mol. The normalized spacial score (nSPS) is 23.2. The standard InChI is InChI=1S/C15H14ClNO4S/c16-11-1-2-12-9(6-11)5-10(7-21-12)13(18)17-15(14(19)20)3-4-22-8-15/h1-2,5-6H,3-4,7-8H2,(H,17,18)(H,19,20)/t15-/m1/s1. The van der Waals surface area contributed by atoms with Crippen LogP contribution in [-0.4, -0.2) is 40.6 Å². The molecule has 1 atom stereocenters. The molecule has 0 aliphatic carbocycles. The first kappa shape index (κ1) is 15.2. The fourth-order valence-corrected chi connectivity index (χ4v) is 3.97. The summed E-state index contributed by atoms with van der Waals surface area (Å²) in [6.45, 7) is 0.114. The smallest absolute Gasteiger partial charge is 0.330 e. The highest BCUT2D eigenvalue weighted by molar-refractivity contribution is 7.99. The van der Waals surface area contributed by atoms with Crippen molar-refractivity contribution in [3.8, 4) is 5.75 Å². The van der Waals surface area contributed by atoms with Gasteiger partial charge >= 0.3 is 5.97 Å². The number of carboxylic acid groups (broad SMARTS) is 1. The maximum absolute atomic E-state index is 12.4. The van der Waals surface area contributed by atoms with Crippen molar-refractivity contribution in [2.45, 2.75) is 12.0 Å². The van der Waals surface area contributed by atoms with Crippen LogP contribution in [0.3, 0.4) is 0 Å². The number of halogens is 1. The van der Waals surface area contributed by atoms with Crippen molar-refractivity contribution in [3.63, 3.8) is 0 Å². The van der Waals surface area contributed by atoms with Gasteiger partial charge in [-0.05, 0) is 36.4 Å². The molecule has 1 saturated heterocycles. The fourth-order valence-electron chi connectivity index (χ4n) is 2.46. The second-order valence-corrected chi connectivity index (χ2v) is 6.83. The van der Waals surface area contributed by atoms with Gasteiger partial charge in [-0.2, -0.15) is 11.8 Å². The molecule has 0 aromatic heterocycles. The summed E-state index contributed by atoms with van der Waals surface area (Å²) < 4.78 is 5.53. The molecule has 22 heavy (non-hydrogen) atoms. The van der Waals surface area contributed by atoms with Gasteiger partial charge in [0.05, 0.1) is 5.57 Å². The van der Waals surface area contributed by atoms with Gasteiger partial charge in [0.1, 0.15) is 17.9 Å². The molecule has 0 radical (unpaired) electrons. The highest BCUT2D eigenvalue weighted by atomic mass is 35.5. The van der Waals surface area contributed by atoms with Gasteiger partial charge in [0.2, 0.25) is 0 Å². The van der Waals surface area contributed by atoms with Gasteiger partial charge in [0.25, 0.3) is 5.91 Å². The maximum atomic E-state index is 12.4. The quantitative estimate of drug-likeness (QED) is 0.883. The summed E-state index contributed by atoms with van der Waals surface area (Å²) in [5.41, 5.74) is -0.0710. The van der Waals surface area contributed by atoms with Crippen LogP contribution in [0.15, 0.2) is 23.8 Å². The third-order valence-corrected chi connectivity index (χ3v) is 5.19. The Kier molecular flexibility index (Phi) is 4.06. The molecule has 1 amide bonds. The summed E-state index contributed by atoms with van der Waals surface area (Å²) in [5.74, 6) is 0.359. The van der Waals surface area contributed by atoms with E-state index >= 15 is 0 Å².